The van der Waals surface area contributed by atoms with Gasteiger partial charge in [0.2, 0.25) is 11.9 Å². The molecule has 2 amide bonds. The molecule has 0 aromatic carbocycles. The van der Waals surface area contributed by atoms with Crippen LogP contribution in [0.15, 0.2) is 0 Å². The first-order chi connectivity index (χ1) is 9.88. The van der Waals surface area contributed by atoms with E-state index in [1.54, 1.807) is 0 Å². The van der Waals surface area contributed by atoms with Crippen LogP contribution in [0.4, 0.5) is 0 Å². The average Bonchev–Trinajstić information content (AvgIpc) is 2.99. The highest BCUT2D eigenvalue weighted by Crippen LogP contribution is 2.17. The van der Waals surface area contributed by atoms with Gasteiger partial charge in [-0.25, -0.2) is 9.63 Å². The Balaban J connectivity index is 1.87. The molecule has 2 heterocycles. The van der Waals surface area contributed by atoms with Gasteiger partial charge in [0, 0.05) is 19.8 Å². The number of carbonyl (C=O) groups is 5. The average molecular weight is 300 g/mol. The fraction of sp³-hybridized carbons (Fsp3) is 0.545. The molecule has 0 aliphatic carbocycles. The lowest BCUT2D eigenvalue weighted by atomic mass is 10.2. The maximum absolute atomic E-state index is 11.8. The van der Waals surface area contributed by atoms with Crippen molar-refractivity contribution in [3.8, 4) is 0 Å². The maximum atomic E-state index is 11.8. The predicted molar refractivity (Wildman–Crippen MR) is 60.6 cm³/mol. The third-order valence-electron chi connectivity index (χ3n) is 2.78. The van der Waals surface area contributed by atoms with Crippen molar-refractivity contribution in [3.05, 3.63) is 0 Å². The number of cyclic esters (lactones) is 1. The Bertz CT molecular complexity index is 516. The maximum Gasteiger partial charge on any atom is 0.375 e. The van der Waals surface area contributed by atoms with Gasteiger partial charge in [-0.15, -0.1) is 0 Å². The highest BCUT2D eigenvalue weighted by atomic mass is 17.0. The summed E-state index contributed by atoms with van der Waals surface area (Å²) in [5, 5.41) is 2.43. The first-order valence-electron chi connectivity index (χ1n) is 6.08. The van der Waals surface area contributed by atoms with Crippen molar-refractivity contribution in [2.75, 3.05) is 6.61 Å². The number of hydrogen-bond donors (Lipinski definition) is 1. The molecule has 0 aromatic heterocycles. The number of amides is 2. The molecule has 114 valence electrons. The monoisotopic (exact) mass is 300 g/mol. The van der Waals surface area contributed by atoms with E-state index in [1.165, 1.54) is 0 Å². The predicted octanol–water partition coefficient (Wildman–Crippen LogP) is -2.00. The molecule has 1 unspecified atom stereocenters. The van der Waals surface area contributed by atoms with E-state index in [-0.39, 0.29) is 19.4 Å². The van der Waals surface area contributed by atoms with Crippen LogP contribution in [-0.4, -0.2) is 53.5 Å². The van der Waals surface area contributed by atoms with E-state index < -0.39 is 41.7 Å². The molecule has 0 saturated carbocycles. The summed E-state index contributed by atoms with van der Waals surface area (Å²) in [7, 11) is 0. The second-order valence-corrected chi connectivity index (χ2v) is 4.40. The lowest BCUT2D eigenvalue weighted by molar-refractivity contribution is -0.306. The zero-order valence-corrected chi connectivity index (χ0v) is 11.0. The number of carbonyl (C=O) groups excluding carboxylic acids is 5. The Labute approximate surface area is 118 Å². The molecule has 2 saturated heterocycles. The van der Waals surface area contributed by atoms with Crippen molar-refractivity contribution in [1.82, 2.24) is 10.5 Å². The van der Waals surface area contributed by atoms with E-state index in [0.29, 0.717) is 5.23 Å². The number of Topliss-reactive ketones (excluding diaryl/α,β-unsaturated/α-hetero) is 1. The summed E-state index contributed by atoms with van der Waals surface area (Å²) in [6, 6.07) is -1.12. The number of esters is 1. The summed E-state index contributed by atoms with van der Waals surface area (Å²) in [4.78, 5) is 65.6. The second kappa shape index (κ2) is 5.87. The largest absolute Gasteiger partial charge is 0.450 e. The van der Waals surface area contributed by atoms with Crippen molar-refractivity contribution in [2.45, 2.75) is 31.9 Å². The molecule has 2 atom stereocenters. The van der Waals surface area contributed by atoms with Gasteiger partial charge in [-0.3, -0.25) is 19.2 Å². The molecule has 2 aliphatic rings. The molecule has 2 aliphatic heterocycles. The molecule has 2 fully saturated rings. The van der Waals surface area contributed by atoms with E-state index in [0.717, 1.165) is 6.92 Å². The number of rotatable bonds is 4. The lowest BCUT2D eigenvalue weighted by Crippen LogP contribution is -2.45. The number of nitrogens with one attached hydrogen (secondary N) is 1. The molecule has 10 heteroatoms. The Kier molecular flexibility index (Phi) is 4.17. The van der Waals surface area contributed by atoms with Crippen LogP contribution in [0.25, 0.3) is 0 Å². The normalized spacial score (nSPS) is 24.7. The van der Waals surface area contributed by atoms with Crippen molar-refractivity contribution >= 4 is 29.5 Å². The SMILES string of the molecule is CC(=O)C(=O)N[C@H]1CON(OC(=O)C2CCC(=O)O2)C1=O. The molecule has 0 spiro atoms. The molecular weight excluding hydrogens is 288 g/mol. The van der Waals surface area contributed by atoms with Crippen LogP contribution in [0.1, 0.15) is 19.8 Å². The number of ether oxygens (including phenoxy) is 1. The van der Waals surface area contributed by atoms with Gasteiger partial charge in [0.15, 0.2) is 0 Å². The van der Waals surface area contributed by atoms with Crippen LogP contribution in [0.5, 0.6) is 0 Å². The van der Waals surface area contributed by atoms with Gasteiger partial charge in [-0.1, -0.05) is 0 Å². The van der Waals surface area contributed by atoms with Gasteiger partial charge in [0.1, 0.15) is 12.6 Å². The third kappa shape index (κ3) is 3.34. The molecule has 0 aromatic rings. The summed E-state index contributed by atoms with van der Waals surface area (Å²) in [6.07, 6.45) is -0.837. The molecule has 0 radical (unpaired) electrons. The fourth-order valence-corrected chi connectivity index (χ4v) is 1.67. The standard InChI is InChI=1S/C11H12N2O8/c1-5(14)9(16)12-6-4-19-13(10(6)17)21-11(18)7-2-3-8(15)20-7/h6-7H,2-4H2,1H3,(H,12,16)/t6-,7?/m0/s1. The van der Waals surface area contributed by atoms with E-state index in [2.05, 4.69) is 14.9 Å². The van der Waals surface area contributed by atoms with Crippen molar-refractivity contribution < 1.29 is 38.4 Å². The van der Waals surface area contributed by atoms with Gasteiger partial charge in [-0.2, -0.15) is 0 Å². The highest BCUT2D eigenvalue weighted by molar-refractivity contribution is 6.35. The van der Waals surface area contributed by atoms with Gasteiger partial charge in [-0.05, 0) is 5.23 Å². The summed E-state index contributed by atoms with van der Waals surface area (Å²) in [5.41, 5.74) is 0. The lowest BCUT2D eigenvalue weighted by Gasteiger charge is -2.15. The van der Waals surface area contributed by atoms with E-state index >= 15 is 0 Å². The fourth-order valence-electron chi connectivity index (χ4n) is 1.67. The molecule has 21 heavy (non-hydrogen) atoms. The Hall–Kier alpha value is -2.49. The van der Waals surface area contributed by atoms with Crippen LogP contribution >= 0.6 is 0 Å². The third-order valence-corrected chi connectivity index (χ3v) is 2.78. The number of hydrogen-bond acceptors (Lipinski definition) is 8. The quantitative estimate of drug-likeness (QED) is 0.466. The van der Waals surface area contributed by atoms with Crippen molar-refractivity contribution in [2.24, 2.45) is 0 Å². The minimum absolute atomic E-state index is 0.0892. The van der Waals surface area contributed by atoms with E-state index in [1.807, 2.05) is 0 Å². The van der Waals surface area contributed by atoms with Gasteiger partial charge in [0.25, 0.3) is 5.91 Å². The molecule has 2 rings (SSSR count). The summed E-state index contributed by atoms with van der Waals surface area (Å²) in [6.45, 7) is 0.761. The minimum atomic E-state index is -1.12. The van der Waals surface area contributed by atoms with Gasteiger partial charge in [0.05, 0.1) is 0 Å². The summed E-state index contributed by atoms with van der Waals surface area (Å²) >= 11 is 0. The Morgan fingerprint density at radius 3 is 2.62 bits per heavy atom. The smallest absolute Gasteiger partial charge is 0.375 e. The minimum Gasteiger partial charge on any atom is -0.450 e. The zero-order valence-electron chi connectivity index (χ0n) is 11.0. The van der Waals surface area contributed by atoms with Crippen LogP contribution in [0, 0.1) is 0 Å². The van der Waals surface area contributed by atoms with Gasteiger partial charge < -0.3 is 14.9 Å². The molecule has 1 N–H and O–H groups in total. The van der Waals surface area contributed by atoms with E-state index in [4.69, 9.17) is 4.84 Å². The zero-order chi connectivity index (χ0) is 15.6. The topological polar surface area (TPSA) is 128 Å². The Morgan fingerprint density at radius 2 is 2.05 bits per heavy atom. The Morgan fingerprint density at radius 1 is 1.33 bits per heavy atom. The van der Waals surface area contributed by atoms with E-state index in [9.17, 15) is 24.0 Å². The molecule has 10 nitrogen and oxygen atoms in total. The van der Waals surface area contributed by atoms with Crippen molar-refractivity contribution in [3.63, 3.8) is 0 Å². The van der Waals surface area contributed by atoms with Crippen LogP contribution in [-0.2, 0) is 38.4 Å². The van der Waals surface area contributed by atoms with Crippen LogP contribution in [0.3, 0.4) is 0 Å². The number of nitrogens with zero attached hydrogens (tertiary/aromatic N) is 1. The summed E-state index contributed by atoms with van der Waals surface area (Å²) in [5.74, 6) is -4.04. The van der Waals surface area contributed by atoms with Crippen molar-refractivity contribution in [1.29, 1.82) is 0 Å². The van der Waals surface area contributed by atoms with Crippen LogP contribution < -0.4 is 5.32 Å². The highest BCUT2D eigenvalue weighted by Gasteiger charge is 2.40. The van der Waals surface area contributed by atoms with Crippen LogP contribution in [0.2, 0.25) is 0 Å². The number of ketones is 1. The number of hydroxylamine groups is 2. The first-order valence-corrected chi connectivity index (χ1v) is 6.08. The summed E-state index contributed by atoms with van der Waals surface area (Å²) < 4.78 is 4.67. The molecule has 0 bridgehead atoms. The van der Waals surface area contributed by atoms with Gasteiger partial charge >= 0.3 is 17.8 Å². The second-order valence-electron chi connectivity index (χ2n) is 4.40. The first kappa shape index (κ1) is 14.9. The molecular formula is C11H12N2O8.